The second kappa shape index (κ2) is 3.46. The van der Waals surface area contributed by atoms with Crippen molar-refractivity contribution in [1.29, 1.82) is 0 Å². The van der Waals surface area contributed by atoms with Crippen LogP contribution in [0.5, 0.6) is 0 Å². The van der Waals surface area contributed by atoms with E-state index in [1.165, 1.54) is 45.4 Å². The topological polar surface area (TPSA) is 15.3 Å². The smallest absolute Gasteiger partial charge is 0.0485 e. The zero-order valence-corrected chi connectivity index (χ0v) is 10.3. The Morgan fingerprint density at radius 1 is 0.938 bits per heavy atom. The SMILES string of the molecule is C1CNCN(C23CC4CC(CC(C4)C2)C3)C1. The molecule has 2 heteroatoms. The van der Waals surface area contributed by atoms with E-state index in [4.69, 9.17) is 0 Å². The predicted molar refractivity (Wildman–Crippen MR) is 65.1 cm³/mol. The highest BCUT2D eigenvalue weighted by molar-refractivity contribution is 5.07. The fourth-order valence-corrected chi connectivity index (χ4v) is 5.55. The van der Waals surface area contributed by atoms with Gasteiger partial charge in [0.25, 0.3) is 0 Å². The van der Waals surface area contributed by atoms with E-state index in [0.717, 1.165) is 17.8 Å². The summed E-state index contributed by atoms with van der Waals surface area (Å²) < 4.78 is 0. The van der Waals surface area contributed by atoms with E-state index in [2.05, 4.69) is 10.2 Å². The van der Waals surface area contributed by atoms with Gasteiger partial charge in [-0.15, -0.1) is 0 Å². The monoisotopic (exact) mass is 220 g/mol. The number of rotatable bonds is 1. The van der Waals surface area contributed by atoms with Gasteiger partial charge < -0.3 is 5.32 Å². The third-order valence-corrected chi connectivity index (χ3v) is 5.76. The van der Waals surface area contributed by atoms with Gasteiger partial charge in [-0.05, 0) is 69.2 Å². The fourth-order valence-electron chi connectivity index (χ4n) is 5.55. The minimum Gasteiger partial charge on any atom is -0.304 e. The molecule has 0 unspecified atom stereocenters. The largest absolute Gasteiger partial charge is 0.304 e. The molecule has 4 aliphatic carbocycles. The first-order valence-corrected chi connectivity index (χ1v) is 7.30. The molecule has 0 amide bonds. The maximum absolute atomic E-state index is 3.59. The van der Waals surface area contributed by atoms with Gasteiger partial charge in [-0.25, -0.2) is 0 Å². The van der Waals surface area contributed by atoms with Gasteiger partial charge in [0.1, 0.15) is 0 Å². The minimum atomic E-state index is 0.641. The first-order valence-electron chi connectivity index (χ1n) is 7.30. The van der Waals surface area contributed by atoms with Crippen LogP contribution in [0.1, 0.15) is 44.9 Å². The van der Waals surface area contributed by atoms with Crippen molar-refractivity contribution in [3.8, 4) is 0 Å². The molecule has 1 saturated heterocycles. The molecule has 5 aliphatic rings. The lowest BCUT2D eigenvalue weighted by molar-refractivity contribution is -0.0963. The van der Waals surface area contributed by atoms with Gasteiger partial charge >= 0.3 is 0 Å². The van der Waals surface area contributed by atoms with Gasteiger partial charge in [-0.3, -0.25) is 4.90 Å². The summed E-state index contributed by atoms with van der Waals surface area (Å²) in [5.74, 6) is 3.27. The standard InChI is InChI=1S/C14H24N2/c1-2-15-10-16(3-1)14-7-11-4-12(8-14)6-13(5-11)9-14/h11-13,15H,1-10H2. The van der Waals surface area contributed by atoms with Crippen molar-refractivity contribution in [3.63, 3.8) is 0 Å². The van der Waals surface area contributed by atoms with Crippen LogP contribution < -0.4 is 5.32 Å². The Balaban J connectivity index is 1.60. The van der Waals surface area contributed by atoms with E-state index in [-0.39, 0.29) is 0 Å². The molecule has 1 N–H and O–H groups in total. The fraction of sp³-hybridized carbons (Fsp3) is 1.00. The van der Waals surface area contributed by atoms with Crippen LogP contribution in [0.25, 0.3) is 0 Å². The molecule has 4 bridgehead atoms. The quantitative estimate of drug-likeness (QED) is 0.729. The molecule has 5 rings (SSSR count). The summed E-state index contributed by atoms with van der Waals surface area (Å²) in [6, 6.07) is 0. The summed E-state index contributed by atoms with van der Waals surface area (Å²) in [7, 11) is 0. The van der Waals surface area contributed by atoms with Crippen LogP contribution in [-0.2, 0) is 0 Å². The molecule has 0 radical (unpaired) electrons. The zero-order valence-electron chi connectivity index (χ0n) is 10.3. The lowest BCUT2D eigenvalue weighted by Gasteiger charge is -2.61. The second-order valence-electron chi connectivity index (χ2n) is 6.92. The summed E-state index contributed by atoms with van der Waals surface area (Å²) in [4.78, 5) is 2.82. The molecule has 0 aromatic rings. The van der Waals surface area contributed by atoms with Gasteiger partial charge in [-0.2, -0.15) is 0 Å². The third-order valence-electron chi connectivity index (χ3n) is 5.76. The van der Waals surface area contributed by atoms with E-state index >= 15 is 0 Å². The molecule has 1 heterocycles. The van der Waals surface area contributed by atoms with Gasteiger partial charge in [0.05, 0.1) is 0 Å². The number of nitrogens with one attached hydrogen (secondary N) is 1. The van der Waals surface area contributed by atoms with Crippen molar-refractivity contribution in [2.45, 2.75) is 50.5 Å². The number of hydrogen-bond acceptors (Lipinski definition) is 2. The number of hydrogen-bond donors (Lipinski definition) is 1. The zero-order chi connectivity index (χ0) is 10.6. The van der Waals surface area contributed by atoms with Gasteiger partial charge in [0.2, 0.25) is 0 Å². The van der Waals surface area contributed by atoms with Crippen molar-refractivity contribution in [2.24, 2.45) is 17.8 Å². The van der Waals surface area contributed by atoms with Crippen LogP contribution in [0.3, 0.4) is 0 Å². The number of nitrogens with zero attached hydrogens (tertiary/aromatic N) is 1. The Bertz CT molecular complexity index is 245. The maximum Gasteiger partial charge on any atom is 0.0485 e. The van der Waals surface area contributed by atoms with Crippen molar-refractivity contribution in [3.05, 3.63) is 0 Å². The molecule has 16 heavy (non-hydrogen) atoms. The molecular formula is C14H24N2. The lowest BCUT2D eigenvalue weighted by Crippen LogP contribution is -2.63. The summed E-state index contributed by atoms with van der Waals surface area (Å²) in [5.41, 5.74) is 0.641. The molecule has 0 spiro atoms. The van der Waals surface area contributed by atoms with Crippen molar-refractivity contribution >= 4 is 0 Å². The molecule has 5 fully saturated rings. The van der Waals surface area contributed by atoms with Crippen LogP contribution in [0, 0.1) is 17.8 Å². The third kappa shape index (κ3) is 1.39. The molecule has 2 nitrogen and oxygen atoms in total. The van der Waals surface area contributed by atoms with E-state index in [1.54, 1.807) is 19.3 Å². The molecule has 0 atom stereocenters. The van der Waals surface area contributed by atoms with Crippen LogP contribution in [0.2, 0.25) is 0 Å². The van der Waals surface area contributed by atoms with Crippen molar-refractivity contribution in [2.75, 3.05) is 19.8 Å². The normalized spacial score (nSPS) is 52.1. The van der Waals surface area contributed by atoms with Gasteiger partial charge in [0.15, 0.2) is 0 Å². The molecule has 0 aromatic carbocycles. The van der Waals surface area contributed by atoms with Crippen LogP contribution in [0.15, 0.2) is 0 Å². The highest BCUT2D eigenvalue weighted by Gasteiger charge is 2.53. The summed E-state index contributed by atoms with van der Waals surface area (Å²) in [6.07, 6.45) is 10.7. The first-order chi connectivity index (χ1) is 7.84. The molecule has 4 saturated carbocycles. The Morgan fingerprint density at radius 2 is 1.56 bits per heavy atom. The van der Waals surface area contributed by atoms with Gasteiger partial charge in [0, 0.05) is 18.8 Å². The molecular weight excluding hydrogens is 196 g/mol. The maximum atomic E-state index is 3.59. The van der Waals surface area contributed by atoms with Gasteiger partial charge in [-0.1, -0.05) is 0 Å². The first kappa shape index (κ1) is 9.90. The highest BCUT2D eigenvalue weighted by atomic mass is 15.3. The van der Waals surface area contributed by atoms with Crippen molar-refractivity contribution in [1.82, 2.24) is 10.2 Å². The second-order valence-corrected chi connectivity index (χ2v) is 6.92. The van der Waals surface area contributed by atoms with E-state index < -0.39 is 0 Å². The summed E-state index contributed by atoms with van der Waals surface area (Å²) in [5, 5.41) is 3.59. The Kier molecular flexibility index (Phi) is 2.14. The van der Waals surface area contributed by atoms with Crippen LogP contribution in [-0.4, -0.2) is 30.2 Å². The average Bonchev–Trinajstić information content (AvgIpc) is 2.28. The Labute approximate surface area is 98.8 Å². The van der Waals surface area contributed by atoms with Crippen molar-refractivity contribution < 1.29 is 0 Å². The average molecular weight is 220 g/mol. The molecule has 0 aromatic heterocycles. The summed E-state index contributed by atoms with van der Waals surface area (Å²) in [6.45, 7) is 3.77. The summed E-state index contributed by atoms with van der Waals surface area (Å²) >= 11 is 0. The van der Waals surface area contributed by atoms with Crippen LogP contribution in [0.4, 0.5) is 0 Å². The lowest BCUT2D eigenvalue weighted by atomic mass is 9.52. The Hall–Kier alpha value is -0.0800. The van der Waals surface area contributed by atoms with E-state index in [9.17, 15) is 0 Å². The predicted octanol–water partition coefficient (Wildman–Crippen LogP) is 2.21. The Morgan fingerprint density at radius 3 is 2.06 bits per heavy atom. The molecule has 1 aliphatic heterocycles. The van der Waals surface area contributed by atoms with E-state index in [1.807, 2.05) is 0 Å². The van der Waals surface area contributed by atoms with E-state index in [0.29, 0.717) is 5.54 Å². The highest BCUT2D eigenvalue weighted by Crippen LogP contribution is 2.57. The van der Waals surface area contributed by atoms with Crippen LogP contribution >= 0.6 is 0 Å². The molecule has 90 valence electrons. The minimum absolute atomic E-state index is 0.641.